The first-order valence-electron chi connectivity index (χ1n) is 29.4. The molecule has 0 N–H and O–H groups in total. The van der Waals surface area contributed by atoms with Crippen LogP contribution in [-0.2, 0) is 0 Å². The molecule has 12 heteroatoms. The molecule has 0 saturated heterocycles. The highest BCUT2D eigenvalue weighted by molar-refractivity contribution is 6.33. The van der Waals surface area contributed by atoms with E-state index in [4.69, 9.17) is 39.9 Å². The summed E-state index contributed by atoms with van der Waals surface area (Å²) in [6.07, 6.45) is 15.3. The fourth-order valence-corrected chi connectivity index (χ4v) is 13.0. The molecule has 0 unspecified atom stereocenters. The number of anilines is 12. The summed E-state index contributed by atoms with van der Waals surface area (Å²) in [5.74, 6) is 0. The molecular weight excluding hydrogens is 1080 g/mol. The zero-order valence-corrected chi connectivity index (χ0v) is 48.6. The summed E-state index contributed by atoms with van der Waals surface area (Å²) < 4.78 is 0. The number of aryl methyl sites for hydroxylation is 4. The number of fused-ring (bicyclic) bond motifs is 4. The Bertz CT molecular complexity index is 4700. The first kappa shape index (κ1) is 51.8. The van der Waals surface area contributed by atoms with Crippen molar-refractivity contribution in [2.75, 3.05) is 19.6 Å². The van der Waals surface area contributed by atoms with Crippen LogP contribution in [0, 0.1) is 27.7 Å². The number of para-hydroxylation sites is 4. The number of rotatable bonds is 12. The average Bonchev–Trinajstić information content (AvgIpc) is 0.717. The summed E-state index contributed by atoms with van der Waals surface area (Å²) in [5.41, 5.74) is 21.3. The molecule has 0 aliphatic heterocycles. The number of nitrogens with zero attached hydrogens (tertiary/aromatic N) is 12. The highest BCUT2D eigenvalue weighted by Crippen LogP contribution is 2.57. The highest BCUT2D eigenvalue weighted by Gasteiger charge is 2.32. The number of pyridine rings is 8. The lowest BCUT2D eigenvalue weighted by Gasteiger charge is -2.35. The number of benzene rings is 8. The minimum atomic E-state index is 0.780. The largest absolute Gasteiger partial charge is 0.307 e. The van der Waals surface area contributed by atoms with Crippen molar-refractivity contribution in [1.82, 2.24) is 39.9 Å². The van der Waals surface area contributed by atoms with Gasteiger partial charge in [0, 0.05) is 105 Å². The summed E-state index contributed by atoms with van der Waals surface area (Å²) in [4.78, 5) is 50.1. The molecule has 0 saturated carbocycles. The van der Waals surface area contributed by atoms with Crippen LogP contribution in [0.1, 0.15) is 22.3 Å². The van der Waals surface area contributed by atoms with Crippen LogP contribution in [0.2, 0.25) is 0 Å². The summed E-state index contributed by atoms with van der Waals surface area (Å²) in [6, 6.07) is 72.6. The summed E-state index contributed by atoms with van der Waals surface area (Å²) in [7, 11) is 0. The maximum atomic E-state index is 5.15. The molecule has 0 aliphatic rings. The van der Waals surface area contributed by atoms with Crippen LogP contribution in [0.25, 0.3) is 76.5 Å². The molecule has 0 aliphatic carbocycles. The van der Waals surface area contributed by atoms with E-state index in [1.807, 2.05) is 98.1 Å². The maximum absolute atomic E-state index is 5.15. The molecule has 88 heavy (non-hydrogen) atoms. The van der Waals surface area contributed by atoms with E-state index in [1.165, 1.54) is 0 Å². The van der Waals surface area contributed by atoms with Gasteiger partial charge in [-0.25, -0.2) is 0 Å². The summed E-state index contributed by atoms with van der Waals surface area (Å²) >= 11 is 0. The average molecular weight is 1140 g/mol. The predicted molar refractivity (Wildman–Crippen MR) is 360 cm³/mol. The second-order valence-corrected chi connectivity index (χ2v) is 22.2. The van der Waals surface area contributed by atoms with Gasteiger partial charge in [-0.05, 0) is 159 Å². The molecule has 8 heterocycles. The minimum Gasteiger partial charge on any atom is -0.307 e. The van der Waals surface area contributed by atoms with Crippen LogP contribution in [0.15, 0.2) is 256 Å². The Kier molecular flexibility index (Phi) is 12.4. The molecule has 8 aromatic heterocycles. The van der Waals surface area contributed by atoms with E-state index >= 15 is 0 Å². The van der Waals surface area contributed by atoms with E-state index < -0.39 is 0 Å². The van der Waals surface area contributed by atoms with Gasteiger partial charge in [0.1, 0.15) is 22.1 Å². The molecule has 0 radical (unpaired) electrons. The van der Waals surface area contributed by atoms with Crippen molar-refractivity contribution in [3.63, 3.8) is 0 Å². The molecule has 0 spiro atoms. The van der Waals surface area contributed by atoms with Crippen molar-refractivity contribution in [1.29, 1.82) is 0 Å². The molecule has 16 rings (SSSR count). The first-order valence-corrected chi connectivity index (χ1v) is 29.4. The minimum absolute atomic E-state index is 0.780. The third kappa shape index (κ3) is 8.36. The van der Waals surface area contributed by atoms with Crippen molar-refractivity contribution >= 4 is 145 Å². The van der Waals surface area contributed by atoms with Crippen LogP contribution in [0.5, 0.6) is 0 Å². The van der Waals surface area contributed by atoms with Crippen LogP contribution < -0.4 is 19.6 Å². The Balaban J connectivity index is 1.15. The van der Waals surface area contributed by atoms with Gasteiger partial charge < -0.3 is 19.6 Å². The van der Waals surface area contributed by atoms with Gasteiger partial charge in [0.2, 0.25) is 0 Å². The topological polar surface area (TPSA) is 116 Å². The van der Waals surface area contributed by atoms with Gasteiger partial charge in [-0.1, -0.05) is 97.1 Å². The van der Waals surface area contributed by atoms with E-state index in [0.717, 1.165) is 167 Å². The Morgan fingerprint density at radius 2 is 0.466 bits per heavy atom. The SMILES string of the molecule is Cc1cnc2cccnc2c1N(c1ccccc1)c1cc(N(c2ccccc2)c2c(C)cnc3cccnc23)c2ccc3c(N(c4ccccc4)c4c(C)cnc5cccnc45)cc(N(c4ccccc4)c4c(C)cnc5cccnc45)c4ccc1c2c43. The van der Waals surface area contributed by atoms with Gasteiger partial charge in [-0.2, -0.15) is 0 Å². The lowest BCUT2D eigenvalue weighted by atomic mass is 9.88. The Morgan fingerprint density at radius 3 is 0.693 bits per heavy atom. The monoisotopic (exact) mass is 1130 g/mol. The van der Waals surface area contributed by atoms with Gasteiger partial charge in [-0.15, -0.1) is 0 Å². The maximum Gasteiger partial charge on any atom is 0.113 e. The van der Waals surface area contributed by atoms with Crippen molar-refractivity contribution in [3.8, 4) is 0 Å². The lowest BCUT2D eigenvalue weighted by Crippen LogP contribution is -2.18. The Hall–Kier alpha value is -11.8. The van der Waals surface area contributed by atoms with Crippen LogP contribution in [0.3, 0.4) is 0 Å². The molecule has 0 atom stereocenters. The third-order valence-electron chi connectivity index (χ3n) is 16.9. The smallest absolute Gasteiger partial charge is 0.113 e. The van der Waals surface area contributed by atoms with Gasteiger partial charge >= 0.3 is 0 Å². The van der Waals surface area contributed by atoms with Crippen molar-refractivity contribution in [3.05, 3.63) is 278 Å². The van der Waals surface area contributed by atoms with Crippen LogP contribution in [-0.4, -0.2) is 39.9 Å². The fourth-order valence-electron chi connectivity index (χ4n) is 13.0. The third-order valence-corrected chi connectivity index (χ3v) is 16.9. The Labute approximate surface area is 507 Å². The normalized spacial score (nSPS) is 11.6. The fraction of sp³-hybridized carbons (Fsp3) is 0.0526. The number of hydrogen-bond acceptors (Lipinski definition) is 12. The molecule has 16 aromatic rings. The summed E-state index contributed by atoms with van der Waals surface area (Å²) in [5, 5.41) is 6.16. The molecule has 0 fully saturated rings. The van der Waals surface area contributed by atoms with Crippen molar-refractivity contribution in [2.24, 2.45) is 0 Å². The van der Waals surface area contributed by atoms with Gasteiger partial charge in [0.25, 0.3) is 0 Å². The lowest BCUT2D eigenvalue weighted by molar-refractivity contribution is 1.20. The molecular formula is C76H54N12. The van der Waals surface area contributed by atoms with Crippen molar-refractivity contribution in [2.45, 2.75) is 27.7 Å². The number of hydrogen-bond donors (Lipinski definition) is 0. The molecule has 0 bridgehead atoms. The molecule has 12 nitrogen and oxygen atoms in total. The van der Waals surface area contributed by atoms with E-state index in [9.17, 15) is 0 Å². The van der Waals surface area contributed by atoms with Gasteiger partial charge in [0.15, 0.2) is 0 Å². The van der Waals surface area contributed by atoms with Gasteiger partial charge in [0.05, 0.1) is 67.6 Å². The molecule has 418 valence electrons. The standard InChI is InChI=1S/C76H54N12/c1-47-43-81-59-29-17-37-77-69(59)73(47)85(51-21-9-5-10-22-51)63-41-64(86(52-23-11-6-12-24-52)74-48(2)44-82-60-30-18-38-78-70(60)74)56-35-36-58-66(88(54-27-15-8-16-28-54)76-50(4)46-84-62-32-20-40-80-72(62)76)42-65(57-34-33-55(63)67(56)68(57)58)87(53-25-13-7-14-26-53)75-49(3)45-83-61-31-19-39-79-71(61)75/h5-46H,1-4H3. The predicted octanol–water partition coefficient (Wildman–Crippen LogP) is 19.5. The molecule has 8 aromatic carbocycles. The van der Waals surface area contributed by atoms with Crippen LogP contribution in [0.4, 0.5) is 68.2 Å². The van der Waals surface area contributed by atoms with E-state index in [2.05, 4.69) is 205 Å². The zero-order valence-electron chi connectivity index (χ0n) is 48.6. The van der Waals surface area contributed by atoms with Gasteiger partial charge in [-0.3, -0.25) is 39.9 Å². The second kappa shape index (κ2) is 21.1. The number of aromatic nitrogens is 8. The first-order chi connectivity index (χ1) is 43.4. The van der Waals surface area contributed by atoms with E-state index in [-0.39, 0.29) is 0 Å². The quantitative estimate of drug-likeness (QED) is 0.108. The van der Waals surface area contributed by atoms with E-state index in [1.54, 1.807) is 0 Å². The second-order valence-electron chi connectivity index (χ2n) is 22.2. The van der Waals surface area contributed by atoms with Crippen molar-refractivity contribution < 1.29 is 0 Å². The Morgan fingerprint density at radius 1 is 0.239 bits per heavy atom. The highest BCUT2D eigenvalue weighted by atomic mass is 15.2. The molecule has 0 amide bonds. The van der Waals surface area contributed by atoms with Crippen LogP contribution >= 0.6 is 0 Å². The van der Waals surface area contributed by atoms with E-state index in [0.29, 0.717) is 0 Å². The summed E-state index contributed by atoms with van der Waals surface area (Å²) in [6.45, 7) is 8.52. The zero-order chi connectivity index (χ0) is 59.0.